The molecule has 0 spiro atoms. The average molecular weight is 861 g/mol. The van der Waals surface area contributed by atoms with Gasteiger partial charge in [-0.05, 0) is 70.4 Å². The van der Waals surface area contributed by atoms with Gasteiger partial charge in [0.2, 0.25) is 23.4 Å². The first kappa shape index (κ1) is 37.4. The molecule has 4 aromatic heterocycles. The number of aromatic nitrogens is 4. The van der Waals surface area contributed by atoms with E-state index in [1.54, 1.807) is 60.7 Å². The normalized spacial score (nSPS) is 11.8. The lowest BCUT2D eigenvalue weighted by Gasteiger charge is -2.05. The number of rotatable bonds is 6. The summed E-state index contributed by atoms with van der Waals surface area (Å²) in [6, 6.07) is 20.7. The molecule has 0 unspecified atom stereocenters. The number of thiazole rings is 2. The van der Waals surface area contributed by atoms with E-state index < -0.39 is 69.3 Å². The first-order valence-electron chi connectivity index (χ1n) is 17.2. The summed E-state index contributed by atoms with van der Waals surface area (Å²) in [5.41, 5.74) is 2.11. The van der Waals surface area contributed by atoms with Gasteiger partial charge in [-0.2, -0.15) is 0 Å². The molecular formula is C42H14F10N4O2S2. The first-order chi connectivity index (χ1) is 28.8. The summed E-state index contributed by atoms with van der Waals surface area (Å²) in [6.45, 7) is 0. The second-order valence-electron chi connectivity index (χ2n) is 13.1. The van der Waals surface area contributed by atoms with Gasteiger partial charge in [0.05, 0.1) is 20.9 Å². The van der Waals surface area contributed by atoms with Crippen LogP contribution in [0.3, 0.4) is 0 Å². The zero-order valence-electron chi connectivity index (χ0n) is 29.3. The monoisotopic (exact) mass is 860 g/mol. The van der Waals surface area contributed by atoms with E-state index in [1.165, 1.54) is 12.4 Å². The van der Waals surface area contributed by atoms with Crippen molar-refractivity contribution in [3.8, 4) is 64.9 Å². The average Bonchev–Trinajstić information content (AvgIpc) is 4.09. The number of halogens is 10. The van der Waals surface area contributed by atoms with Crippen molar-refractivity contribution in [3.63, 3.8) is 0 Å². The number of hydrogen-bond donors (Lipinski definition) is 0. The zero-order valence-corrected chi connectivity index (χ0v) is 30.9. The number of oxazole rings is 2. The third-order valence-corrected chi connectivity index (χ3v) is 11.7. The highest BCUT2D eigenvalue weighted by molar-refractivity contribution is 7.18. The molecule has 0 saturated heterocycles. The Bertz CT molecular complexity index is 3050. The molecule has 0 amide bonds. The lowest BCUT2D eigenvalue weighted by molar-refractivity contribution is 0.381. The van der Waals surface area contributed by atoms with Crippen molar-refractivity contribution >= 4 is 55.6 Å². The second-order valence-corrected chi connectivity index (χ2v) is 15.2. The third kappa shape index (κ3) is 5.92. The highest BCUT2D eigenvalue weighted by atomic mass is 32.1. The number of hydrogen-bond acceptors (Lipinski definition) is 8. The van der Waals surface area contributed by atoms with Gasteiger partial charge in [0, 0.05) is 23.5 Å². The van der Waals surface area contributed by atoms with E-state index in [0.29, 0.717) is 54.2 Å². The van der Waals surface area contributed by atoms with Crippen molar-refractivity contribution < 1.29 is 52.7 Å². The first-order valence-corrected chi connectivity index (χ1v) is 18.8. The molecule has 0 aliphatic carbocycles. The highest BCUT2D eigenvalue weighted by Gasteiger charge is 2.30. The number of nitrogens with zero attached hydrogens (tertiary/aromatic N) is 4. The largest absolute Gasteiger partial charge is 0.436 e. The SMILES string of the molecule is Fc1c(F)c(F)c(-c2ncc(-c3ccc(-c4nc5cc6cc7oc(-c8ccc(-c9cnc(-c%10c(F)c(F)c(F)c(F)c%10F)s9)cc8)nc7cc6cc5o4)cc3)s2)c(F)c1F. The van der Waals surface area contributed by atoms with Crippen LogP contribution in [-0.2, 0) is 0 Å². The Balaban J connectivity index is 0.887. The summed E-state index contributed by atoms with van der Waals surface area (Å²) in [7, 11) is 0. The zero-order chi connectivity index (χ0) is 41.7. The maximum atomic E-state index is 14.4. The molecule has 0 radical (unpaired) electrons. The molecule has 0 N–H and O–H groups in total. The van der Waals surface area contributed by atoms with Gasteiger partial charge in [-0.3, -0.25) is 0 Å². The van der Waals surface area contributed by atoms with Crippen molar-refractivity contribution in [1.29, 1.82) is 0 Å². The van der Waals surface area contributed by atoms with Crippen LogP contribution in [0.15, 0.2) is 94.0 Å². The predicted molar refractivity (Wildman–Crippen MR) is 203 cm³/mol. The van der Waals surface area contributed by atoms with Gasteiger partial charge in [0.25, 0.3) is 0 Å². The molecule has 0 atom stereocenters. The molecule has 0 aliphatic rings. The van der Waals surface area contributed by atoms with Crippen LogP contribution in [0.4, 0.5) is 43.9 Å². The van der Waals surface area contributed by atoms with Crippen molar-refractivity contribution in [2.45, 2.75) is 0 Å². The summed E-state index contributed by atoms with van der Waals surface area (Å²) < 4.78 is 152. The van der Waals surface area contributed by atoms with Gasteiger partial charge >= 0.3 is 0 Å². The van der Waals surface area contributed by atoms with Crippen molar-refractivity contribution in [1.82, 2.24) is 19.9 Å². The summed E-state index contributed by atoms with van der Waals surface area (Å²) in [4.78, 5) is 17.9. The number of fused-ring (bicyclic) bond motifs is 3. The predicted octanol–water partition coefficient (Wildman–Crippen LogP) is 13.4. The topological polar surface area (TPSA) is 77.8 Å². The highest BCUT2D eigenvalue weighted by Crippen LogP contribution is 2.40. The van der Waals surface area contributed by atoms with E-state index in [0.717, 1.165) is 33.4 Å². The summed E-state index contributed by atoms with van der Waals surface area (Å²) in [6.07, 6.45) is 2.54. The Morgan fingerprint density at radius 3 is 1.05 bits per heavy atom. The fourth-order valence-electron chi connectivity index (χ4n) is 6.53. The van der Waals surface area contributed by atoms with Crippen LogP contribution in [0.2, 0.25) is 0 Å². The second kappa shape index (κ2) is 13.8. The van der Waals surface area contributed by atoms with E-state index in [2.05, 4.69) is 19.9 Å². The molecule has 4 heterocycles. The molecule has 0 aliphatic heterocycles. The minimum absolute atomic E-state index is 0.290. The summed E-state index contributed by atoms with van der Waals surface area (Å²) in [5.74, 6) is -20.0. The standard InChI is InChI=1S/C42H14F10N4O2S2/c43-29-27(30(44)34(48)37(51)33(29)47)41-53-13-25(59-41)15-1-5-17(6-2-15)39-55-21-9-19-12-24-22(10-20(19)11-23(21)57-39)56-40(58-24)18-7-3-16(4-8-18)26-14-54-42(60-26)28-31(45)35(49)38(52)36(50)32(28)46/h1-14H. The van der Waals surface area contributed by atoms with Gasteiger partial charge < -0.3 is 8.83 Å². The van der Waals surface area contributed by atoms with Crippen molar-refractivity contribution in [2.24, 2.45) is 0 Å². The van der Waals surface area contributed by atoms with Crippen LogP contribution in [0, 0.1) is 58.2 Å². The number of benzene rings is 6. The molecule has 0 fully saturated rings. The summed E-state index contributed by atoms with van der Waals surface area (Å²) >= 11 is 1.51. The summed E-state index contributed by atoms with van der Waals surface area (Å²) in [5, 5.41) is 0.784. The van der Waals surface area contributed by atoms with Gasteiger partial charge in [-0.15, -0.1) is 22.7 Å². The van der Waals surface area contributed by atoms with Crippen LogP contribution >= 0.6 is 22.7 Å². The fourth-order valence-corrected chi connectivity index (χ4v) is 8.44. The molecule has 6 nitrogen and oxygen atoms in total. The van der Waals surface area contributed by atoms with Crippen LogP contribution in [0.5, 0.6) is 0 Å². The van der Waals surface area contributed by atoms with E-state index in [-0.39, 0.29) is 21.8 Å². The third-order valence-electron chi connectivity index (χ3n) is 9.54. The Kier molecular flexibility index (Phi) is 8.62. The van der Waals surface area contributed by atoms with E-state index in [9.17, 15) is 43.9 Å². The van der Waals surface area contributed by atoms with Crippen LogP contribution < -0.4 is 0 Å². The Morgan fingerprint density at radius 1 is 0.383 bits per heavy atom. The van der Waals surface area contributed by atoms with Crippen molar-refractivity contribution in [3.05, 3.63) is 143 Å². The Morgan fingerprint density at radius 2 is 0.700 bits per heavy atom. The lowest BCUT2D eigenvalue weighted by atomic mass is 10.1. The minimum atomic E-state index is -2.25. The van der Waals surface area contributed by atoms with Crippen LogP contribution in [0.1, 0.15) is 0 Å². The lowest BCUT2D eigenvalue weighted by Crippen LogP contribution is -2.03. The van der Waals surface area contributed by atoms with Crippen LogP contribution in [0.25, 0.3) is 97.9 Å². The molecule has 6 aromatic carbocycles. The molecule has 10 rings (SSSR count). The molecule has 0 bridgehead atoms. The maximum absolute atomic E-state index is 14.4. The van der Waals surface area contributed by atoms with Gasteiger partial charge in [-0.25, -0.2) is 63.8 Å². The molecular weight excluding hydrogens is 847 g/mol. The van der Waals surface area contributed by atoms with E-state index in [1.807, 2.05) is 12.1 Å². The van der Waals surface area contributed by atoms with Gasteiger partial charge in [0.1, 0.15) is 21.0 Å². The van der Waals surface area contributed by atoms with Gasteiger partial charge in [-0.1, -0.05) is 24.3 Å². The van der Waals surface area contributed by atoms with Crippen molar-refractivity contribution in [2.75, 3.05) is 0 Å². The maximum Gasteiger partial charge on any atom is 0.227 e. The molecule has 296 valence electrons. The molecule has 18 heteroatoms. The van der Waals surface area contributed by atoms with Crippen LogP contribution in [-0.4, -0.2) is 19.9 Å². The van der Waals surface area contributed by atoms with E-state index >= 15 is 0 Å². The molecule has 10 aromatic rings. The minimum Gasteiger partial charge on any atom is -0.436 e. The Labute approximate surface area is 335 Å². The smallest absolute Gasteiger partial charge is 0.227 e. The van der Waals surface area contributed by atoms with E-state index in [4.69, 9.17) is 8.83 Å². The molecule has 0 saturated carbocycles. The fraction of sp³-hybridized carbons (Fsp3) is 0. The Hall–Kier alpha value is -6.92. The van der Waals surface area contributed by atoms with Gasteiger partial charge in [0.15, 0.2) is 57.7 Å². The quantitative estimate of drug-likeness (QED) is 0.0941. The molecule has 60 heavy (non-hydrogen) atoms.